The lowest BCUT2D eigenvalue weighted by Crippen LogP contribution is -2.39. The third-order valence-electron chi connectivity index (χ3n) is 3.40. The van der Waals surface area contributed by atoms with Crippen molar-refractivity contribution in [2.75, 3.05) is 19.7 Å². The van der Waals surface area contributed by atoms with Crippen LogP contribution in [0.1, 0.15) is 28.9 Å². The Labute approximate surface area is 101 Å². The van der Waals surface area contributed by atoms with Gasteiger partial charge in [-0.2, -0.15) is 5.10 Å². The molecule has 1 N–H and O–H groups in total. The first-order valence-corrected chi connectivity index (χ1v) is 6.02. The second-order valence-electron chi connectivity index (χ2n) is 4.72. The monoisotopic (exact) mass is 237 g/mol. The molecule has 0 bridgehead atoms. The number of nitrogens with zero attached hydrogens (tertiary/aromatic N) is 3. The molecule has 94 valence electrons. The smallest absolute Gasteiger partial charge is 0.257 e. The van der Waals surface area contributed by atoms with E-state index in [4.69, 9.17) is 5.11 Å². The first kappa shape index (κ1) is 12.1. The second-order valence-corrected chi connectivity index (χ2v) is 4.72. The van der Waals surface area contributed by atoms with E-state index in [1.165, 1.54) is 0 Å². The average Bonchev–Trinajstić information content (AvgIpc) is 2.68. The molecule has 1 aliphatic rings. The molecule has 0 unspecified atom stereocenters. The van der Waals surface area contributed by atoms with Crippen LogP contribution in [0.2, 0.25) is 0 Å². The van der Waals surface area contributed by atoms with Crippen molar-refractivity contribution in [1.82, 2.24) is 14.7 Å². The summed E-state index contributed by atoms with van der Waals surface area (Å²) in [5.41, 5.74) is 1.47. The van der Waals surface area contributed by atoms with Gasteiger partial charge in [-0.05, 0) is 25.7 Å². The van der Waals surface area contributed by atoms with Gasteiger partial charge in [0.05, 0.1) is 11.3 Å². The van der Waals surface area contributed by atoms with Gasteiger partial charge < -0.3 is 10.0 Å². The lowest BCUT2D eigenvalue weighted by molar-refractivity contribution is 0.0650. The van der Waals surface area contributed by atoms with Crippen LogP contribution in [0, 0.1) is 12.8 Å². The van der Waals surface area contributed by atoms with E-state index >= 15 is 0 Å². The Morgan fingerprint density at radius 3 is 2.65 bits per heavy atom. The fraction of sp³-hybridized carbons (Fsp3) is 0.667. The number of likely N-dealkylation sites (tertiary alicyclic amines) is 1. The number of rotatable bonds is 2. The van der Waals surface area contributed by atoms with Crippen LogP contribution < -0.4 is 0 Å². The molecule has 0 aliphatic carbocycles. The van der Waals surface area contributed by atoms with Crippen molar-refractivity contribution < 1.29 is 9.90 Å². The third-order valence-corrected chi connectivity index (χ3v) is 3.40. The van der Waals surface area contributed by atoms with Gasteiger partial charge in [0.2, 0.25) is 0 Å². The molecule has 1 aromatic rings. The fourth-order valence-corrected chi connectivity index (χ4v) is 2.30. The molecule has 0 radical (unpaired) electrons. The number of hydrogen-bond acceptors (Lipinski definition) is 3. The maximum absolute atomic E-state index is 12.2. The van der Waals surface area contributed by atoms with Crippen molar-refractivity contribution in [3.05, 3.63) is 17.5 Å². The Kier molecular flexibility index (Phi) is 3.47. The summed E-state index contributed by atoms with van der Waals surface area (Å²) >= 11 is 0. The van der Waals surface area contributed by atoms with E-state index in [-0.39, 0.29) is 12.5 Å². The van der Waals surface area contributed by atoms with Crippen molar-refractivity contribution in [3.63, 3.8) is 0 Å². The van der Waals surface area contributed by atoms with E-state index in [1.54, 1.807) is 10.9 Å². The molecule has 1 fully saturated rings. The summed E-state index contributed by atoms with van der Waals surface area (Å²) in [6.07, 6.45) is 3.55. The van der Waals surface area contributed by atoms with Gasteiger partial charge >= 0.3 is 0 Å². The number of aryl methyl sites for hydroxylation is 2. The summed E-state index contributed by atoms with van der Waals surface area (Å²) in [7, 11) is 1.82. The first-order valence-electron chi connectivity index (χ1n) is 6.02. The summed E-state index contributed by atoms with van der Waals surface area (Å²) in [4.78, 5) is 14.1. The average molecular weight is 237 g/mol. The maximum atomic E-state index is 12.2. The predicted molar refractivity (Wildman–Crippen MR) is 63.7 cm³/mol. The van der Waals surface area contributed by atoms with E-state index in [0.29, 0.717) is 11.5 Å². The first-order chi connectivity index (χ1) is 8.11. The van der Waals surface area contributed by atoms with Crippen LogP contribution in [0.3, 0.4) is 0 Å². The molecule has 0 atom stereocenters. The molecular formula is C12H19N3O2. The molecule has 1 saturated heterocycles. The number of aliphatic hydroxyl groups is 1. The van der Waals surface area contributed by atoms with Crippen LogP contribution >= 0.6 is 0 Å². The standard InChI is InChI=1S/C12H19N3O2/c1-9-11(7-14(2)13-9)12(17)15-5-3-10(8-16)4-6-15/h7,10,16H,3-6,8H2,1-2H3. The zero-order valence-corrected chi connectivity index (χ0v) is 10.4. The highest BCUT2D eigenvalue weighted by Crippen LogP contribution is 2.19. The predicted octanol–water partition coefficient (Wildman–Crippen LogP) is 0.573. The largest absolute Gasteiger partial charge is 0.396 e. The normalized spacial score (nSPS) is 17.5. The van der Waals surface area contributed by atoms with Gasteiger partial charge in [0.15, 0.2) is 0 Å². The minimum absolute atomic E-state index is 0.0620. The zero-order chi connectivity index (χ0) is 12.4. The maximum Gasteiger partial charge on any atom is 0.257 e. The third kappa shape index (κ3) is 2.49. The number of carbonyl (C=O) groups excluding carboxylic acids is 1. The molecule has 2 rings (SSSR count). The van der Waals surface area contributed by atoms with Crippen LogP contribution in [0.25, 0.3) is 0 Å². The molecule has 1 aromatic heterocycles. The summed E-state index contributed by atoms with van der Waals surface area (Å²) in [5, 5.41) is 13.3. The van der Waals surface area contributed by atoms with E-state index in [1.807, 2.05) is 18.9 Å². The minimum atomic E-state index is 0.0620. The fourth-order valence-electron chi connectivity index (χ4n) is 2.30. The van der Waals surface area contributed by atoms with Crippen LogP contribution in [-0.2, 0) is 7.05 Å². The topological polar surface area (TPSA) is 58.4 Å². The quantitative estimate of drug-likeness (QED) is 0.818. The van der Waals surface area contributed by atoms with Gasteiger partial charge in [-0.3, -0.25) is 9.48 Å². The molecular weight excluding hydrogens is 218 g/mol. The van der Waals surface area contributed by atoms with Gasteiger partial charge in [0.25, 0.3) is 5.91 Å². The Balaban J connectivity index is 2.04. The van der Waals surface area contributed by atoms with Gasteiger partial charge in [-0.25, -0.2) is 0 Å². The highest BCUT2D eigenvalue weighted by Gasteiger charge is 2.25. The zero-order valence-electron chi connectivity index (χ0n) is 10.4. The number of aliphatic hydroxyl groups excluding tert-OH is 1. The van der Waals surface area contributed by atoms with Crippen molar-refractivity contribution in [2.24, 2.45) is 13.0 Å². The second kappa shape index (κ2) is 4.87. The summed E-state index contributed by atoms with van der Waals surface area (Å²) in [5.74, 6) is 0.418. The summed E-state index contributed by atoms with van der Waals surface area (Å²) < 4.78 is 1.67. The Bertz CT molecular complexity index is 406. The number of piperidine rings is 1. The molecule has 17 heavy (non-hydrogen) atoms. The van der Waals surface area contributed by atoms with Crippen molar-refractivity contribution in [2.45, 2.75) is 19.8 Å². The van der Waals surface area contributed by atoms with E-state index in [0.717, 1.165) is 31.6 Å². The molecule has 2 heterocycles. The lowest BCUT2D eigenvalue weighted by Gasteiger charge is -2.31. The van der Waals surface area contributed by atoms with Crippen molar-refractivity contribution >= 4 is 5.91 Å². The van der Waals surface area contributed by atoms with E-state index in [2.05, 4.69) is 5.10 Å². The Morgan fingerprint density at radius 1 is 1.53 bits per heavy atom. The number of carbonyl (C=O) groups is 1. The molecule has 0 aromatic carbocycles. The number of aromatic nitrogens is 2. The summed E-state index contributed by atoms with van der Waals surface area (Å²) in [6.45, 7) is 3.55. The Morgan fingerprint density at radius 2 is 2.18 bits per heavy atom. The summed E-state index contributed by atoms with van der Waals surface area (Å²) in [6, 6.07) is 0. The van der Waals surface area contributed by atoms with E-state index < -0.39 is 0 Å². The van der Waals surface area contributed by atoms with Gasteiger partial charge in [-0.15, -0.1) is 0 Å². The highest BCUT2D eigenvalue weighted by molar-refractivity contribution is 5.95. The molecule has 0 saturated carbocycles. The highest BCUT2D eigenvalue weighted by atomic mass is 16.3. The molecule has 5 heteroatoms. The van der Waals surface area contributed by atoms with E-state index in [9.17, 15) is 4.79 Å². The SMILES string of the molecule is Cc1nn(C)cc1C(=O)N1CCC(CO)CC1. The van der Waals surface area contributed by atoms with Crippen LogP contribution in [0.5, 0.6) is 0 Å². The Hall–Kier alpha value is -1.36. The molecule has 5 nitrogen and oxygen atoms in total. The molecule has 0 spiro atoms. The lowest BCUT2D eigenvalue weighted by atomic mass is 9.97. The van der Waals surface area contributed by atoms with Crippen LogP contribution in [-0.4, -0.2) is 45.4 Å². The molecule has 1 amide bonds. The van der Waals surface area contributed by atoms with Gasteiger partial charge in [-0.1, -0.05) is 0 Å². The van der Waals surface area contributed by atoms with Crippen molar-refractivity contribution in [3.8, 4) is 0 Å². The van der Waals surface area contributed by atoms with Gasteiger partial charge in [0.1, 0.15) is 0 Å². The van der Waals surface area contributed by atoms with Gasteiger partial charge in [0, 0.05) is 32.9 Å². The number of amides is 1. The minimum Gasteiger partial charge on any atom is -0.396 e. The van der Waals surface area contributed by atoms with Crippen LogP contribution in [0.15, 0.2) is 6.20 Å². The van der Waals surface area contributed by atoms with Crippen molar-refractivity contribution in [1.29, 1.82) is 0 Å². The molecule has 1 aliphatic heterocycles. The number of hydrogen-bond donors (Lipinski definition) is 1. The van der Waals surface area contributed by atoms with Crippen LogP contribution in [0.4, 0.5) is 0 Å².